The quantitative estimate of drug-likeness (QED) is 0.349. The molecule has 0 nitrogen and oxygen atoms in total. The van der Waals surface area contributed by atoms with Crippen molar-refractivity contribution in [1.82, 2.24) is 0 Å². The third-order valence-electron chi connectivity index (χ3n) is 3.82. The molecule has 1 aromatic rings. The van der Waals surface area contributed by atoms with Crippen LogP contribution in [0.25, 0.3) is 0 Å². The number of rotatable bonds is 10. The minimum Gasteiger partial charge on any atom is -0.123 e. The molecule has 1 atom stereocenters. The summed E-state index contributed by atoms with van der Waals surface area (Å²) in [5.41, 5.74) is 2.78. The molecule has 19 heavy (non-hydrogen) atoms. The number of halogens is 1. The number of hydrogen-bond acceptors (Lipinski definition) is 0. The van der Waals surface area contributed by atoms with Crippen molar-refractivity contribution < 1.29 is 0 Å². The Hall–Kier alpha value is -0.490. The fraction of sp³-hybridized carbons (Fsp3) is 0.667. The monoisotopic (exact) mass is 280 g/mol. The average molecular weight is 281 g/mol. The van der Waals surface area contributed by atoms with Gasteiger partial charge in [0, 0.05) is 5.38 Å². The highest BCUT2D eigenvalue weighted by atomic mass is 35.5. The third kappa shape index (κ3) is 7.62. The Morgan fingerprint density at radius 1 is 0.947 bits per heavy atom. The van der Waals surface area contributed by atoms with Gasteiger partial charge in [0.05, 0.1) is 0 Å². The molecule has 0 heterocycles. The van der Waals surface area contributed by atoms with Crippen LogP contribution < -0.4 is 0 Å². The molecular weight excluding hydrogens is 252 g/mol. The topological polar surface area (TPSA) is 0 Å². The van der Waals surface area contributed by atoms with Crippen LogP contribution in [0.15, 0.2) is 24.3 Å². The Balaban J connectivity index is 2.08. The Kier molecular flexibility index (Phi) is 8.99. The number of alkyl halides is 1. The summed E-state index contributed by atoms with van der Waals surface area (Å²) in [6, 6.07) is 8.58. The summed E-state index contributed by atoms with van der Waals surface area (Å²) < 4.78 is 0. The molecule has 0 spiro atoms. The van der Waals surface area contributed by atoms with Crippen molar-refractivity contribution in [3.8, 4) is 0 Å². The van der Waals surface area contributed by atoms with Crippen LogP contribution in [0.3, 0.4) is 0 Å². The molecule has 0 fully saturated rings. The van der Waals surface area contributed by atoms with Crippen molar-refractivity contribution in [1.29, 1.82) is 0 Å². The first-order chi connectivity index (χ1) is 9.24. The van der Waals surface area contributed by atoms with E-state index in [0.717, 1.165) is 12.8 Å². The molecule has 0 saturated heterocycles. The van der Waals surface area contributed by atoms with Gasteiger partial charge in [0.25, 0.3) is 0 Å². The van der Waals surface area contributed by atoms with Crippen LogP contribution in [0, 0.1) is 6.92 Å². The van der Waals surface area contributed by atoms with E-state index in [9.17, 15) is 0 Å². The normalized spacial score (nSPS) is 12.6. The van der Waals surface area contributed by atoms with Crippen molar-refractivity contribution in [2.45, 2.75) is 77.0 Å². The van der Waals surface area contributed by atoms with Gasteiger partial charge in [-0.15, -0.1) is 11.6 Å². The second kappa shape index (κ2) is 10.3. The number of hydrogen-bond donors (Lipinski definition) is 0. The molecule has 1 unspecified atom stereocenters. The predicted molar refractivity (Wildman–Crippen MR) is 87.1 cm³/mol. The van der Waals surface area contributed by atoms with Gasteiger partial charge in [-0.1, -0.05) is 76.1 Å². The van der Waals surface area contributed by atoms with E-state index in [1.54, 1.807) is 0 Å². The van der Waals surface area contributed by atoms with Crippen LogP contribution in [0.1, 0.15) is 69.4 Å². The van der Waals surface area contributed by atoms with Gasteiger partial charge >= 0.3 is 0 Å². The second-order valence-corrected chi connectivity index (χ2v) is 6.26. The van der Waals surface area contributed by atoms with Gasteiger partial charge < -0.3 is 0 Å². The average Bonchev–Trinajstić information content (AvgIpc) is 2.40. The van der Waals surface area contributed by atoms with Crippen LogP contribution in [0.2, 0.25) is 0 Å². The van der Waals surface area contributed by atoms with Crippen molar-refractivity contribution in [2.24, 2.45) is 0 Å². The molecule has 1 rings (SSSR count). The van der Waals surface area contributed by atoms with Gasteiger partial charge in [-0.2, -0.15) is 0 Å². The van der Waals surface area contributed by atoms with Gasteiger partial charge in [-0.05, 0) is 30.9 Å². The number of unbranched alkanes of at least 4 members (excludes halogenated alkanes) is 6. The minimum atomic E-state index is 0.303. The first-order valence-corrected chi connectivity index (χ1v) is 8.36. The predicted octanol–water partition coefficient (Wildman–Crippen LogP) is 6.29. The van der Waals surface area contributed by atoms with E-state index in [1.165, 1.54) is 56.1 Å². The van der Waals surface area contributed by atoms with E-state index in [-0.39, 0.29) is 0 Å². The van der Waals surface area contributed by atoms with Gasteiger partial charge in [-0.25, -0.2) is 0 Å². The Morgan fingerprint density at radius 2 is 1.58 bits per heavy atom. The molecule has 0 N–H and O–H groups in total. The van der Waals surface area contributed by atoms with E-state index < -0.39 is 0 Å². The molecule has 1 aromatic carbocycles. The molecule has 0 aliphatic heterocycles. The highest BCUT2D eigenvalue weighted by Gasteiger charge is 2.07. The minimum absolute atomic E-state index is 0.303. The van der Waals surface area contributed by atoms with Crippen LogP contribution >= 0.6 is 11.6 Å². The van der Waals surface area contributed by atoms with Gasteiger partial charge in [0.2, 0.25) is 0 Å². The molecule has 0 radical (unpaired) electrons. The number of benzene rings is 1. The van der Waals surface area contributed by atoms with E-state index in [2.05, 4.69) is 38.1 Å². The van der Waals surface area contributed by atoms with Crippen molar-refractivity contribution in [3.63, 3.8) is 0 Å². The third-order valence-corrected chi connectivity index (χ3v) is 4.20. The van der Waals surface area contributed by atoms with E-state index in [0.29, 0.717) is 5.38 Å². The molecule has 0 amide bonds. The largest absolute Gasteiger partial charge is 0.123 e. The summed E-state index contributed by atoms with van der Waals surface area (Å²) in [5.74, 6) is 0. The van der Waals surface area contributed by atoms with Crippen LogP contribution in [-0.2, 0) is 6.42 Å². The van der Waals surface area contributed by atoms with Crippen molar-refractivity contribution in [2.75, 3.05) is 0 Å². The fourth-order valence-electron chi connectivity index (χ4n) is 2.50. The molecule has 0 aliphatic carbocycles. The maximum Gasteiger partial charge on any atom is 0.0376 e. The molecule has 108 valence electrons. The van der Waals surface area contributed by atoms with Crippen LogP contribution in [0.5, 0.6) is 0 Å². The standard InChI is InChI=1S/C18H29Cl/c1-3-4-5-6-7-8-9-14-18(19)15-17-13-11-10-12-16(17)2/h10-13,18H,3-9,14-15H2,1-2H3. The van der Waals surface area contributed by atoms with Crippen molar-refractivity contribution >= 4 is 11.6 Å². The molecule has 0 aliphatic rings. The fourth-order valence-corrected chi connectivity index (χ4v) is 2.82. The summed E-state index contributed by atoms with van der Waals surface area (Å²) in [5, 5.41) is 0.303. The Morgan fingerprint density at radius 3 is 2.26 bits per heavy atom. The highest BCUT2D eigenvalue weighted by Crippen LogP contribution is 2.18. The summed E-state index contributed by atoms with van der Waals surface area (Å²) in [6.45, 7) is 4.44. The highest BCUT2D eigenvalue weighted by molar-refractivity contribution is 6.20. The SMILES string of the molecule is CCCCCCCCCC(Cl)Cc1ccccc1C. The van der Waals surface area contributed by atoms with E-state index in [1.807, 2.05) is 0 Å². The maximum absolute atomic E-state index is 6.45. The smallest absolute Gasteiger partial charge is 0.0376 e. The summed E-state index contributed by atoms with van der Waals surface area (Å²) >= 11 is 6.45. The maximum atomic E-state index is 6.45. The van der Waals surface area contributed by atoms with E-state index in [4.69, 9.17) is 11.6 Å². The second-order valence-electron chi connectivity index (χ2n) is 5.64. The zero-order valence-corrected chi connectivity index (χ0v) is 13.4. The first-order valence-electron chi connectivity index (χ1n) is 7.92. The first kappa shape index (κ1) is 16.6. The summed E-state index contributed by atoms with van der Waals surface area (Å²) in [6.07, 6.45) is 11.7. The van der Waals surface area contributed by atoms with Crippen LogP contribution in [0.4, 0.5) is 0 Å². The lowest BCUT2D eigenvalue weighted by atomic mass is 10.0. The lowest BCUT2D eigenvalue weighted by Crippen LogP contribution is -2.04. The molecule has 1 heteroatoms. The summed E-state index contributed by atoms with van der Waals surface area (Å²) in [4.78, 5) is 0. The molecule has 0 saturated carbocycles. The van der Waals surface area contributed by atoms with E-state index >= 15 is 0 Å². The van der Waals surface area contributed by atoms with Gasteiger partial charge in [0.1, 0.15) is 0 Å². The zero-order valence-electron chi connectivity index (χ0n) is 12.6. The zero-order chi connectivity index (χ0) is 13.9. The van der Waals surface area contributed by atoms with Gasteiger partial charge in [0.15, 0.2) is 0 Å². The van der Waals surface area contributed by atoms with Crippen molar-refractivity contribution in [3.05, 3.63) is 35.4 Å². The lowest BCUT2D eigenvalue weighted by Gasteiger charge is -2.11. The summed E-state index contributed by atoms with van der Waals surface area (Å²) in [7, 11) is 0. The Labute approximate surface area is 124 Å². The number of aryl methyl sites for hydroxylation is 1. The van der Waals surface area contributed by atoms with Gasteiger partial charge in [-0.3, -0.25) is 0 Å². The molecular formula is C18H29Cl. The molecule has 0 bridgehead atoms. The lowest BCUT2D eigenvalue weighted by molar-refractivity contribution is 0.567. The molecule has 0 aromatic heterocycles. The Bertz CT molecular complexity index is 332. The van der Waals surface area contributed by atoms with Crippen LogP contribution in [-0.4, -0.2) is 5.38 Å².